The normalized spacial score (nSPS) is 10.0. The van der Waals surface area contributed by atoms with Gasteiger partial charge >= 0.3 is 0 Å². The van der Waals surface area contributed by atoms with Crippen molar-refractivity contribution in [3.63, 3.8) is 0 Å². The van der Waals surface area contributed by atoms with Gasteiger partial charge in [0.25, 0.3) is 5.91 Å². The number of benzene rings is 1. The zero-order valence-corrected chi connectivity index (χ0v) is 14.9. The highest BCUT2D eigenvalue weighted by Crippen LogP contribution is 2.19. The Morgan fingerprint density at radius 2 is 2.17 bits per heavy atom. The zero-order chi connectivity index (χ0) is 15.9. The summed E-state index contributed by atoms with van der Waals surface area (Å²) < 4.78 is 5.30. The van der Waals surface area contributed by atoms with E-state index >= 15 is 0 Å². The Balaban J connectivity index is 0.00000264. The van der Waals surface area contributed by atoms with E-state index in [9.17, 15) is 4.79 Å². The van der Waals surface area contributed by atoms with E-state index in [4.69, 9.17) is 10.5 Å². The number of aromatic nitrogens is 1. The molecular formula is C16H22ClN3O2S. The van der Waals surface area contributed by atoms with Crippen LogP contribution in [0.1, 0.15) is 26.6 Å². The number of ether oxygens (including phenoxy) is 1. The maximum Gasteiger partial charge on any atom is 0.270 e. The lowest BCUT2D eigenvalue weighted by Gasteiger charge is -2.08. The molecule has 0 saturated heterocycles. The highest BCUT2D eigenvalue weighted by atomic mass is 35.5. The first-order chi connectivity index (χ1) is 10.6. The van der Waals surface area contributed by atoms with Crippen LogP contribution >= 0.6 is 23.7 Å². The summed E-state index contributed by atoms with van der Waals surface area (Å²) >= 11 is 1.47. The summed E-state index contributed by atoms with van der Waals surface area (Å²) in [6.07, 6.45) is 1.46. The molecule has 5 nitrogen and oxygen atoms in total. The molecule has 1 aromatic carbocycles. The molecule has 0 spiro atoms. The predicted molar refractivity (Wildman–Crippen MR) is 95.9 cm³/mol. The summed E-state index contributed by atoms with van der Waals surface area (Å²) in [6, 6.07) is 6.07. The first-order valence-electron chi connectivity index (χ1n) is 7.20. The van der Waals surface area contributed by atoms with Crippen LogP contribution in [0, 0.1) is 6.92 Å². The van der Waals surface area contributed by atoms with Gasteiger partial charge in [-0.25, -0.2) is 4.98 Å². The van der Waals surface area contributed by atoms with Crippen LogP contribution < -0.4 is 15.8 Å². The highest BCUT2D eigenvalue weighted by molar-refractivity contribution is 7.09. The number of carbonyl (C=O) groups excluding carboxylic acids is 1. The summed E-state index contributed by atoms with van der Waals surface area (Å²) in [6.45, 7) is 3.12. The summed E-state index contributed by atoms with van der Waals surface area (Å²) in [5, 5.41) is 5.56. The van der Waals surface area contributed by atoms with Crippen molar-refractivity contribution in [2.45, 2.75) is 19.8 Å². The van der Waals surface area contributed by atoms with E-state index in [1.165, 1.54) is 11.3 Å². The first kappa shape index (κ1) is 19.4. The van der Waals surface area contributed by atoms with Crippen molar-refractivity contribution in [2.24, 2.45) is 5.73 Å². The Morgan fingerprint density at radius 1 is 1.39 bits per heavy atom. The van der Waals surface area contributed by atoms with E-state index in [-0.39, 0.29) is 18.3 Å². The average molecular weight is 356 g/mol. The Labute approximate surface area is 146 Å². The van der Waals surface area contributed by atoms with Crippen molar-refractivity contribution in [3.8, 4) is 5.75 Å². The number of rotatable bonds is 7. The third-order valence-corrected chi connectivity index (χ3v) is 4.22. The van der Waals surface area contributed by atoms with E-state index in [0.717, 1.165) is 28.3 Å². The fourth-order valence-corrected chi connectivity index (χ4v) is 2.88. The predicted octanol–water partition coefficient (Wildman–Crippen LogP) is 2.36. The van der Waals surface area contributed by atoms with Crippen LogP contribution in [0.15, 0.2) is 23.6 Å². The largest absolute Gasteiger partial charge is 0.496 e. The molecule has 7 heteroatoms. The molecule has 2 aromatic rings. The van der Waals surface area contributed by atoms with Gasteiger partial charge in [0.05, 0.1) is 12.1 Å². The third-order valence-electron chi connectivity index (χ3n) is 3.31. The monoisotopic (exact) mass is 355 g/mol. The lowest BCUT2D eigenvalue weighted by atomic mass is 10.1. The van der Waals surface area contributed by atoms with Crippen molar-refractivity contribution >= 4 is 29.7 Å². The van der Waals surface area contributed by atoms with E-state index in [1.807, 2.05) is 25.1 Å². The third kappa shape index (κ3) is 5.49. The molecule has 0 fully saturated rings. The molecule has 3 N–H and O–H groups in total. The second kappa shape index (κ2) is 9.50. The van der Waals surface area contributed by atoms with Crippen molar-refractivity contribution in [1.82, 2.24) is 10.3 Å². The van der Waals surface area contributed by atoms with E-state index in [0.29, 0.717) is 25.2 Å². The van der Waals surface area contributed by atoms with Gasteiger partial charge in [-0.1, -0.05) is 12.1 Å². The van der Waals surface area contributed by atoms with Crippen LogP contribution in [0.4, 0.5) is 0 Å². The summed E-state index contributed by atoms with van der Waals surface area (Å²) in [5.74, 6) is 0.730. The average Bonchev–Trinajstić information content (AvgIpc) is 2.98. The van der Waals surface area contributed by atoms with Crippen LogP contribution in [-0.2, 0) is 12.8 Å². The number of halogens is 1. The maximum absolute atomic E-state index is 12.0. The second-order valence-corrected chi connectivity index (χ2v) is 5.92. The van der Waals surface area contributed by atoms with E-state index < -0.39 is 0 Å². The lowest BCUT2D eigenvalue weighted by Crippen LogP contribution is -2.26. The van der Waals surface area contributed by atoms with Crippen molar-refractivity contribution in [2.75, 3.05) is 20.2 Å². The van der Waals surface area contributed by atoms with Crippen molar-refractivity contribution in [1.29, 1.82) is 0 Å². The fourth-order valence-electron chi connectivity index (χ4n) is 2.08. The zero-order valence-electron chi connectivity index (χ0n) is 13.3. The summed E-state index contributed by atoms with van der Waals surface area (Å²) in [4.78, 5) is 16.3. The van der Waals surface area contributed by atoms with E-state index in [1.54, 1.807) is 12.5 Å². The highest BCUT2D eigenvalue weighted by Gasteiger charge is 2.10. The van der Waals surface area contributed by atoms with Gasteiger partial charge in [0, 0.05) is 18.3 Å². The summed E-state index contributed by atoms with van der Waals surface area (Å²) in [7, 11) is 1.66. The molecule has 1 amide bonds. The number of hydrogen-bond acceptors (Lipinski definition) is 5. The molecule has 0 bridgehead atoms. The SMILES string of the molecule is COc1cc(CCNC(=O)c2csc(CCN)n2)ccc1C.Cl. The van der Waals surface area contributed by atoms with E-state index in [2.05, 4.69) is 10.3 Å². The molecule has 1 heterocycles. The van der Waals surface area contributed by atoms with Crippen molar-refractivity contribution < 1.29 is 9.53 Å². The van der Waals surface area contributed by atoms with Gasteiger partial charge in [-0.2, -0.15) is 0 Å². The maximum atomic E-state index is 12.0. The molecule has 23 heavy (non-hydrogen) atoms. The standard InChI is InChI=1S/C16H21N3O2S.ClH/c1-11-3-4-12(9-14(11)21-2)6-8-18-16(20)13-10-22-15(19-13)5-7-17;/h3-4,9-10H,5-8,17H2,1-2H3,(H,18,20);1H. The van der Waals surface area contributed by atoms with Gasteiger partial charge in [-0.15, -0.1) is 23.7 Å². The number of hydrogen-bond donors (Lipinski definition) is 2. The van der Waals surface area contributed by atoms with Gasteiger partial charge in [0.1, 0.15) is 11.4 Å². The minimum atomic E-state index is -0.140. The Morgan fingerprint density at radius 3 is 2.87 bits per heavy atom. The Hall–Kier alpha value is -1.63. The number of aryl methyl sites for hydroxylation is 1. The number of nitrogens with one attached hydrogen (secondary N) is 1. The van der Waals surface area contributed by atoms with Gasteiger partial charge in [-0.05, 0) is 37.1 Å². The van der Waals surface area contributed by atoms with Gasteiger partial charge in [0.2, 0.25) is 0 Å². The number of carbonyl (C=O) groups is 1. The second-order valence-electron chi connectivity index (χ2n) is 4.98. The minimum Gasteiger partial charge on any atom is -0.496 e. The van der Waals surface area contributed by atoms with Crippen LogP contribution in [-0.4, -0.2) is 31.1 Å². The number of amides is 1. The van der Waals surface area contributed by atoms with Crippen LogP contribution in [0.3, 0.4) is 0 Å². The van der Waals surface area contributed by atoms with Crippen LogP contribution in [0.2, 0.25) is 0 Å². The molecule has 0 radical (unpaired) electrons. The molecule has 0 aliphatic carbocycles. The topological polar surface area (TPSA) is 77.2 Å². The van der Waals surface area contributed by atoms with Gasteiger partial charge in [0.15, 0.2) is 0 Å². The minimum absolute atomic E-state index is 0. The molecule has 126 valence electrons. The Kier molecular flexibility index (Phi) is 8.02. The molecule has 0 unspecified atom stereocenters. The smallest absolute Gasteiger partial charge is 0.270 e. The number of nitrogens with two attached hydrogens (primary N) is 1. The number of methoxy groups -OCH3 is 1. The molecule has 1 aromatic heterocycles. The molecule has 0 atom stereocenters. The van der Waals surface area contributed by atoms with Crippen LogP contribution in [0.5, 0.6) is 5.75 Å². The quantitative estimate of drug-likeness (QED) is 0.799. The number of thiazole rings is 1. The molecule has 2 rings (SSSR count). The molecular weight excluding hydrogens is 334 g/mol. The summed E-state index contributed by atoms with van der Waals surface area (Å²) in [5.41, 5.74) is 8.18. The molecule has 0 aliphatic heterocycles. The van der Waals surface area contributed by atoms with Crippen LogP contribution in [0.25, 0.3) is 0 Å². The number of nitrogens with zero attached hydrogens (tertiary/aromatic N) is 1. The molecule has 0 aliphatic rings. The van der Waals surface area contributed by atoms with Gasteiger partial charge < -0.3 is 15.8 Å². The fraction of sp³-hybridized carbons (Fsp3) is 0.375. The molecule has 0 saturated carbocycles. The first-order valence-corrected chi connectivity index (χ1v) is 8.08. The lowest BCUT2D eigenvalue weighted by molar-refractivity contribution is 0.0949. The van der Waals surface area contributed by atoms with Crippen molar-refractivity contribution in [3.05, 3.63) is 45.4 Å². The Bertz CT molecular complexity index is 646. The van der Waals surface area contributed by atoms with Gasteiger partial charge in [-0.3, -0.25) is 4.79 Å².